The molecule has 1 heterocycles. The van der Waals surface area contributed by atoms with E-state index in [0.29, 0.717) is 12.4 Å². The van der Waals surface area contributed by atoms with Crippen molar-refractivity contribution in [1.82, 2.24) is 9.97 Å². The van der Waals surface area contributed by atoms with Crippen LogP contribution < -0.4 is 11.0 Å². The van der Waals surface area contributed by atoms with Gasteiger partial charge in [0.1, 0.15) is 17.6 Å². The maximum Gasteiger partial charge on any atom is 0.347 e. The van der Waals surface area contributed by atoms with Crippen LogP contribution in [0.2, 0.25) is 0 Å². The number of aromatic amines is 1. The largest absolute Gasteiger partial charge is 0.366 e. The van der Waals surface area contributed by atoms with Crippen LogP contribution in [0.1, 0.15) is 16.8 Å². The Morgan fingerprint density at radius 2 is 2.11 bits per heavy atom. The molecule has 18 heavy (non-hydrogen) atoms. The molecule has 0 aliphatic heterocycles. The average Bonchev–Trinajstić information content (AvgIpc) is 2.37. The molecule has 2 aromatic rings. The first-order chi connectivity index (χ1) is 8.67. The van der Waals surface area contributed by atoms with Crippen LogP contribution in [-0.2, 0) is 6.54 Å². The molecule has 0 amide bonds. The van der Waals surface area contributed by atoms with Crippen LogP contribution in [0.15, 0.2) is 35.1 Å². The zero-order chi connectivity index (χ0) is 13.0. The molecule has 0 bridgehead atoms. The second kappa shape index (κ2) is 5.15. The van der Waals surface area contributed by atoms with Gasteiger partial charge in [0.25, 0.3) is 0 Å². The molecule has 0 saturated carbocycles. The zero-order valence-corrected chi connectivity index (χ0v) is 9.90. The third-order valence-electron chi connectivity index (χ3n) is 2.46. The Balaban J connectivity index is 2.11. The third-order valence-corrected chi connectivity index (χ3v) is 2.46. The number of hydrogen-bond acceptors (Lipinski definition) is 4. The summed E-state index contributed by atoms with van der Waals surface area (Å²) in [5.74, 6) is 0.399. The van der Waals surface area contributed by atoms with Gasteiger partial charge < -0.3 is 5.32 Å². The number of rotatable bonds is 3. The van der Waals surface area contributed by atoms with Gasteiger partial charge in [-0.1, -0.05) is 29.8 Å². The van der Waals surface area contributed by atoms with Crippen molar-refractivity contribution >= 4 is 5.82 Å². The van der Waals surface area contributed by atoms with Crippen molar-refractivity contribution in [2.75, 3.05) is 5.32 Å². The first-order valence-corrected chi connectivity index (χ1v) is 5.48. The van der Waals surface area contributed by atoms with E-state index >= 15 is 0 Å². The minimum Gasteiger partial charge on any atom is -0.366 e. The van der Waals surface area contributed by atoms with Crippen LogP contribution in [0.4, 0.5) is 5.82 Å². The summed E-state index contributed by atoms with van der Waals surface area (Å²) >= 11 is 0. The van der Waals surface area contributed by atoms with Gasteiger partial charge in [-0.05, 0) is 12.5 Å². The number of hydrogen-bond donors (Lipinski definition) is 2. The molecular formula is C13H12N4O. The quantitative estimate of drug-likeness (QED) is 0.853. The van der Waals surface area contributed by atoms with Crippen molar-refractivity contribution in [3.05, 3.63) is 57.6 Å². The minimum absolute atomic E-state index is 0.196. The molecule has 2 rings (SSSR count). The smallest absolute Gasteiger partial charge is 0.347 e. The summed E-state index contributed by atoms with van der Waals surface area (Å²) in [7, 11) is 0. The van der Waals surface area contributed by atoms with E-state index in [2.05, 4.69) is 15.3 Å². The lowest BCUT2D eigenvalue weighted by molar-refractivity contribution is 1.02. The summed E-state index contributed by atoms with van der Waals surface area (Å²) in [6.45, 7) is 2.58. The van der Waals surface area contributed by atoms with Crippen LogP contribution in [-0.4, -0.2) is 9.97 Å². The number of aromatic nitrogens is 2. The molecule has 5 heteroatoms. The summed E-state index contributed by atoms with van der Waals surface area (Å²) in [6.07, 6.45) is 0. The number of H-pyrrole nitrogens is 1. The number of nitriles is 1. The zero-order valence-electron chi connectivity index (χ0n) is 9.90. The predicted octanol–water partition coefficient (Wildman–Crippen LogP) is 1.56. The molecule has 90 valence electrons. The van der Waals surface area contributed by atoms with Crippen molar-refractivity contribution in [3.8, 4) is 6.07 Å². The van der Waals surface area contributed by atoms with Crippen molar-refractivity contribution in [2.24, 2.45) is 0 Å². The molecule has 0 aliphatic rings. The molecule has 5 nitrogen and oxygen atoms in total. The van der Waals surface area contributed by atoms with E-state index in [1.54, 1.807) is 0 Å². The molecular weight excluding hydrogens is 228 g/mol. The summed E-state index contributed by atoms with van der Waals surface area (Å²) in [6, 6.07) is 11.4. The van der Waals surface area contributed by atoms with E-state index < -0.39 is 5.69 Å². The fourth-order valence-corrected chi connectivity index (χ4v) is 1.51. The van der Waals surface area contributed by atoms with Gasteiger partial charge >= 0.3 is 5.69 Å². The number of nitrogens with zero attached hydrogens (tertiary/aromatic N) is 2. The topological polar surface area (TPSA) is 81.6 Å². The molecule has 0 aliphatic carbocycles. The van der Waals surface area contributed by atoms with Crippen molar-refractivity contribution in [3.63, 3.8) is 0 Å². The summed E-state index contributed by atoms with van der Waals surface area (Å²) in [4.78, 5) is 17.2. The lowest BCUT2D eigenvalue weighted by atomic mass is 10.1. The van der Waals surface area contributed by atoms with Gasteiger partial charge in [-0.25, -0.2) is 4.79 Å². The van der Waals surface area contributed by atoms with E-state index in [1.807, 2.05) is 37.3 Å². The Hall–Kier alpha value is -2.61. The van der Waals surface area contributed by atoms with Gasteiger partial charge in [0.15, 0.2) is 0 Å². The molecule has 0 radical (unpaired) electrons. The lowest BCUT2D eigenvalue weighted by Gasteiger charge is -2.05. The van der Waals surface area contributed by atoms with E-state index in [9.17, 15) is 4.79 Å². The molecule has 1 aromatic carbocycles. The highest BCUT2D eigenvalue weighted by Crippen LogP contribution is 2.07. The summed E-state index contributed by atoms with van der Waals surface area (Å²) in [5.41, 5.74) is 1.95. The fourth-order valence-electron chi connectivity index (χ4n) is 1.51. The highest BCUT2D eigenvalue weighted by atomic mass is 16.1. The maximum atomic E-state index is 11.2. The van der Waals surface area contributed by atoms with Crippen molar-refractivity contribution in [1.29, 1.82) is 5.26 Å². The Morgan fingerprint density at radius 1 is 1.39 bits per heavy atom. The van der Waals surface area contributed by atoms with Crippen molar-refractivity contribution < 1.29 is 0 Å². The first kappa shape index (κ1) is 11.9. The van der Waals surface area contributed by atoms with Gasteiger partial charge in [0.05, 0.1) is 0 Å². The molecule has 0 unspecified atom stereocenters. The second-order valence-electron chi connectivity index (χ2n) is 3.94. The van der Waals surface area contributed by atoms with Gasteiger partial charge in [0, 0.05) is 12.6 Å². The SMILES string of the molecule is Cc1ccc(CNc2cc(C#N)[nH]c(=O)n2)cc1. The van der Waals surface area contributed by atoms with Crippen LogP contribution >= 0.6 is 0 Å². The average molecular weight is 240 g/mol. The Bertz CT molecular complexity index is 637. The first-order valence-electron chi connectivity index (χ1n) is 5.48. The van der Waals surface area contributed by atoms with E-state index in [1.165, 1.54) is 11.6 Å². The normalized spacial score (nSPS) is 9.78. The highest BCUT2D eigenvalue weighted by molar-refractivity contribution is 5.39. The standard InChI is InChI=1S/C13H12N4O/c1-9-2-4-10(5-3-9)8-15-12-6-11(7-14)16-13(18)17-12/h2-6H,8H2,1H3,(H2,15,16,17,18). The number of aryl methyl sites for hydroxylation is 1. The number of benzene rings is 1. The van der Waals surface area contributed by atoms with Gasteiger partial charge in [-0.2, -0.15) is 10.2 Å². The van der Waals surface area contributed by atoms with E-state index in [4.69, 9.17) is 5.26 Å². The van der Waals surface area contributed by atoms with E-state index in [-0.39, 0.29) is 5.69 Å². The summed E-state index contributed by atoms with van der Waals surface area (Å²) < 4.78 is 0. The molecule has 0 atom stereocenters. The predicted molar refractivity (Wildman–Crippen MR) is 68.1 cm³/mol. The van der Waals surface area contributed by atoms with Gasteiger partial charge in [-0.15, -0.1) is 0 Å². The van der Waals surface area contributed by atoms with E-state index in [0.717, 1.165) is 5.56 Å². The van der Waals surface area contributed by atoms with Crippen LogP contribution in [0.3, 0.4) is 0 Å². The Labute approximate surface area is 104 Å². The van der Waals surface area contributed by atoms with Gasteiger partial charge in [-0.3, -0.25) is 4.98 Å². The Morgan fingerprint density at radius 3 is 2.78 bits per heavy atom. The molecule has 0 spiro atoms. The Kier molecular flexibility index (Phi) is 3.39. The van der Waals surface area contributed by atoms with Gasteiger partial charge in [0.2, 0.25) is 0 Å². The lowest BCUT2D eigenvalue weighted by Crippen LogP contribution is -2.14. The highest BCUT2D eigenvalue weighted by Gasteiger charge is 2.00. The molecule has 0 saturated heterocycles. The second-order valence-corrected chi connectivity index (χ2v) is 3.94. The summed E-state index contributed by atoms with van der Waals surface area (Å²) in [5, 5.41) is 11.7. The van der Waals surface area contributed by atoms with Crippen LogP contribution in [0, 0.1) is 18.3 Å². The maximum absolute atomic E-state index is 11.2. The van der Waals surface area contributed by atoms with Crippen molar-refractivity contribution in [2.45, 2.75) is 13.5 Å². The van der Waals surface area contributed by atoms with Crippen LogP contribution in [0.5, 0.6) is 0 Å². The molecule has 1 aromatic heterocycles. The number of nitrogens with one attached hydrogen (secondary N) is 2. The monoisotopic (exact) mass is 240 g/mol. The van der Waals surface area contributed by atoms with Crippen LogP contribution in [0.25, 0.3) is 0 Å². The third kappa shape index (κ3) is 2.95. The molecule has 0 fully saturated rings. The fraction of sp³-hybridized carbons (Fsp3) is 0.154. The number of anilines is 1. The molecule has 2 N–H and O–H groups in total. The minimum atomic E-state index is -0.527.